The summed E-state index contributed by atoms with van der Waals surface area (Å²) < 4.78 is 32.4. The summed E-state index contributed by atoms with van der Waals surface area (Å²) in [6.45, 7) is 0.0722. The Morgan fingerprint density at radius 3 is 1.68 bits per heavy atom. The quantitative estimate of drug-likeness (QED) is 0.157. The normalized spacial score (nSPS) is 52.5. The summed E-state index contributed by atoms with van der Waals surface area (Å²) in [7, 11) is 1.27. The third-order valence-corrected chi connectivity index (χ3v) is 6.29. The number of ether oxygens (including phenoxy) is 6. The van der Waals surface area contributed by atoms with E-state index in [1.54, 1.807) is 0 Å². The van der Waals surface area contributed by atoms with E-state index in [9.17, 15) is 46.0 Å². The molecule has 0 saturated carbocycles. The molecule has 0 aromatic carbocycles. The van der Waals surface area contributed by atoms with Gasteiger partial charge in [0.1, 0.15) is 67.1 Å². The first-order valence-corrected chi connectivity index (χ1v) is 10.8. The van der Waals surface area contributed by atoms with E-state index in [1.807, 2.05) is 0 Å². The molecule has 15 heteroatoms. The Balaban J connectivity index is 1.72. The monoisotopic (exact) mass is 502 g/mol. The molecule has 3 aliphatic heterocycles. The molecule has 9 N–H and O–H groups in total. The van der Waals surface area contributed by atoms with Gasteiger partial charge in [0.25, 0.3) is 0 Å². The fourth-order valence-corrected chi connectivity index (χ4v) is 4.29. The van der Waals surface area contributed by atoms with E-state index in [0.29, 0.717) is 0 Å². The lowest BCUT2D eigenvalue weighted by Gasteiger charge is -2.48. The van der Waals surface area contributed by atoms with Gasteiger partial charge in [-0.3, -0.25) is 0 Å². The van der Waals surface area contributed by atoms with E-state index in [4.69, 9.17) is 28.4 Å². The minimum Gasteiger partial charge on any atom is -0.394 e. The molecule has 3 fully saturated rings. The summed E-state index contributed by atoms with van der Waals surface area (Å²) in [5, 5.41) is 90.3. The molecule has 3 aliphatic rings. The van der Waals surface area contributed by atoms with Crippen molar-refractivity contribution in [1.82, 2.24) is 0 Å². The van der Waals surface area contributed by atoms with Gasteiger partial charge in [-0.05, 0) is 6.92 Å². The zero-order valence-corrected chi connectivity index (χ0v) is 18.5. The fraction of sp³-hybridized carbons (Fsp3) is 1.00. The van der Waals surface area contributed by atoms with E-state index in [-0.39, 0.29) is 0 Å². The van der Waals surface area contributed by atoms with Crippen LogP contribution in [0.15, 0.2) is 0 Å². The van der Waals surface area contributed by atoms with Crippen LogP contribution in [0.1, 0.15) is 6.92 Å². The Kier molecular flexibility index (Phi) is 9.57. The molecule has 15 atom stereocenters. The molecule has 0 amide bonds. The van der Waals surface area contributed by atoms with Crippen molar-refractivity contribution in [3.8, 4) is 0 Å². The Hall–Kier alpha value is -0.600. The third kappa shape index (κ3) is 5.39. The van der Waals surface area contributed by atoms with Crippen LogP contribution in [0.3, 0.4) is 0 Å². The van der Waals surface area contributed by atoms with E-state index < -0.39 is 105 Å². The highest BCUT2D eigenvalue weighted by atomic mass is 16.8. The first-order valence-electron chi connectivity index (χ1n) is 10.8. The predicted molar refractivity (Wildman–Crippen MR) is 105 cm³/mol. The van der Waals surface area contributed by atoms with Crippen LogP contribution in [0.5, 0.6) is 0 Å². The van der Waals surface area contributed by atoms with Crippen LogP contribution in [0.4, 0.5) is 0 Å². The standard InChI is InChI=1S/C19H34O15/c1-5-14(16(29-2)13(27)17(28)30-5)33-19-12(26)10(24)15(7(4-21)32-19)34-18-11(25)9(23)8(22)6(3-20)31-18/h5-28H,3-4H2,1-2H3/t5-,6-,7-,8-,9+,10-,11-,12-,13-,14+,15-,16-,17?,18+,19+/m1/s1. The molecule has 0 spiro atoms. The van der Waals surface area contributed by atoms with E-state index in [2.05, 4.69) is 0 Å². The SMILES string of the molecule is CO[C@H]1[C@@H](O[C@@H]2O[C@H](CO)[C@@H](O[C@@H]3O[C@H](CO)[C@@H](O)[C@H](O)[C@H]3O)[C@H](O)[C@H]2O)[C@@H](C)OC(O)[C@@H]1O. The molecule has 1 unspecified atom stereocenters. The van der Waals surface area contributed by atoms with Gasteiger partial charge in [0.2, 0.25) is 0 Å². The van der Waals surface area contributed by atoms with Gasteiger partial charge in [0, 0.05) is 7.11 Å². The first-order chi connectivity index (χ1) is 16.0. The second-order valence-electron chi connectivity index (χ2n) is 8.53. The van der Waals surface area contributed by atoms with Crippen LogP contribution in [0, 0.1) is 0 Å². The van der Waals surface area contributed by atoms with Crippen molar-refractivity contribution in [3.05, 3.63) is 0 Å². The summed E-state index contributed by atoms with van der Waals surface area (Å²) >= 11 is 0. The smallest absolute Gasteiger partial charge is 0.187 e. The van der Waals surface area contributed by atoms with Crippen molar-refractivity contribution in [1.29, 1.82) is 0 Å². The van der Waals surface area contributed by atoms with Gasteiger partial charge < -0.3 is 74.4 Å². The summed E-state index contributed by atoms with van der Waals surface area (Å²) in [6, 6.07) is 0. The van der Waals surface area contributed by atoms with E-state index in [1.165, 1.54) is 14.0 Å². The van der Waals surface area contributed by atoms with E-state index in [0.717, 1.165) is 0 Å². The molecule has 0 aromatic rings. The number of methoxy groups -OCH3 is 1. The highest BCUT2D eigenvalue weighted by Gasteiger charge is 2.53. The number of aliphatic hydroxyl groups excluding tert-OH is 9. The Morgan fingerprint density at radius 1 is 0.588 bits per heavy atom. The van der Waals surface area contributed by atoms with E-state index >= 15 is 0 Å². The van der Waals surface area contributed by atoms with Crippen LogP contribution in [0.25, 0.3) is 0 Å². The number of aliphatic hydroxyl groups is 9. The summed E-state index contributed by atoms with van der Waals surface area (Å²) in [5.74, 6) is 0. The van der Waals surface area contributed by atoms with Crippen molar-refractivity contribution in [2.75, 3.05) is 20.3 Å². The van der Waals surface area contributed by atoms with Gasteiger partial charge >= 0.3 is 0 Å². The lowest BCUT2D eigenvalue weighted by Crippen LogP contribution is -2.66. The van der Waals surface area contributed by atoms with Gasteiger partial charge in [-0.15, -0.1) is 0 Å². The van der Waals surface area contributed by atoms with Gasteiger partial charge in [-0.1, -0.05) is 0 Å². The largest absolute Gasteiger partial charge is 0.394 e. The molecule has 34 heavy (non-hydrogen) atoms. The predicted octanol–water partition coefficient (Wildman–Crippen LogP) is -5.89. The third-order valence-electron chi connectivity index (χ3n) is 6.29. The molecule has 3 saturated heterocycles. The number of hydrogen-bond donors (Lipinski definition) is 9. The van der Waals surface area contributed by atoms with Crippen LogP contribution in [-0.4, -0.2) is 158 Å². The average Bonchev–Trinajstić information content (AvgIpc) is 2.82. The zero-order valence-electron chi connectivity index (χ0n) is 18.5. The minimum absolute atomic E-state index is 0.709. The lowest BCUT2D eigenvalue weighted by molar-refractivity contribution is -0.376. The van der Waals surface area contributed by atoms with Crippen molar-refractivity contribution in [3.63, 3.8) is 0 Å². The number of rotatable bonds is 7. The van der Waals surface area contributed by atoms with Crippen molar-refractivity contribution in [2.24, 2.45) is 0 Å². The zero-order chi connectivity index (χ0) is 25.3. The molecule has 15 nitrogen and oxygen atoms in total. The fourth-order valence-electron chi connectivity index (χ4n) is 4.29. The first kappa shape index (κ1) is 28.0. The molecular weight excluding hydrogens is 468 g/mol. The maximum absolute atomic E-state index is 10.7. The minimum atomic E-state index is -1.79. The van der Waals surface area contributed by atoms with Crippen LogP contribution in [0.2, 0.25) is 0 Å². The number of hydrogen-bond acceptors (Lipinski definition) is 15. The molecule has 3 heterocycles. The van der Waals surface area contributed by atoms with Crippen molar-refractivity contribution < 1.29 is 74.4 Å². The maximum Gasteiger partial charge on any atom is 0.187 e. The Labute approximate surface area is 194 Å². The second-order valence-corrected chi connectivity index (χ2v) is 8.53. The molecule has 0 bridgehead atoms. The lowest BCUT2D eigenvalue weighted by atomic mass is 9.96. The molecule has 0 aliphatic carbocycles. The summed E-state index contributed by atoms with van der Waals surface area (Å²) in [6.07, 6.45) is -22.0. The molecule has 3 rings (SSSR count). The molecule has 0 aromatic heterocycles. The van der Waals surface area contributed by atoms with Crippen LogP contribution >= 0.6 is 0 Å². The topological polar surface area (TPSA) is 237 Å². The molecule has 0 radical (unpaired) electrons. The maximum atomic E-state index is 10.7. The van der Waals surface area contributed by atoms with Crippen molar-refractivity contribution in [2.45, 2.75) is 99.0 Å². The van der Waals surface area contributed by atoms with Crippen LogP contribution in [-0.2, 0) is 28.4 Å². The second kappa shape index (κ2) is 11.6. The molecular formula is C19H34O15. The van der Waals surface area contributed by atoms with Gasteiger partial charge in [0.15, 0.2) is 18.9 Å². The highest BCUT2D eigenvalue weighted by Crippen LogP contribution is 2.32. The Morgan fingerprint density at radius 2 is 1.12 bits per heavy atom. The summed E-state index contributed by atoms with van der Waals surface area (Å²) in [4.78, 5) is 0. The van der Waals surface area contributed by atoms with Gasteiger partial charge in [-0.2, -0.15) is 0 Å². The molecule has 200 valence electrons. The van der Waals surface area contributed by atoms with Crippen molar-refractivity contribution >= 4 is 0 Å². The van der Waals surface area contributed by atoms with Gasteiger partial charge in [0.05, 0.1) is 19.3 Å². The Bertz CT molecular complexity index is 637. The van der Waals surface area contributed by atoms with Crippen LogP contribution < -0.4 is 0 Å². The average molecular weight is 502 g/mol. The van der Waals surface area contributed by atoms with Gasteiger partial charge in [-0.25, -0.2) is 0 Å². The highest BCUT2D eigenvalue weighted by molar-refractivity contribution is 4.96. The summed E-state index contributed by atoms with van der Waals surface area (Å²) in [5.41, 5.74) is 0.